The van der Waals surface area contributed by atoms with Crippen molar-refractivity contribution in [2.24, 2.45) is 11.5 Å². The second-order valence-electron chi connectivity index (χ2n) is 3.37. The van der Waals surface area contributed by atoms with Gasteiger partial charge in [-0.3, -0.25) is 9.69 Å². The Balaban J connectivity index is 4.04. The molecule has 0 fully saturated rings. The fraction of sp³-hybridized carbons (Fsp3) is 0.857. The summed E-state index contributed by atoms with van der Waals surface area (Å²) in [5.74, 6) is -0.700. The highest BCUT2D eigenvalue weighted by molar-refractivity contribution is 5.84. The van der Waals surface area contributed by atoms with Crippen molar-refractivity contribution in [2.75, 3.05) is 20.1 Å². The van der Waals surface area contributed by atoms with Crippen LogP contribution in [0.15, 0.2) is 0 Å². The number of nitrogens with zero attached hydrogens (tertiary/aromatic N) is 1. The Kier molecular flexibility index (Phi) is 4.22. The third kappa shape index (κ3) is 4.74. The first-order valence-electron chi connectivity index (χ1n) is 3.81. The van der Waals surface area contributed by atoms with E-state index in [1.54, 1.807) is 0 Å². The molecule has 4 N–H and O–H groups in total. The van der Waals surface area contributed by atoms with Gasteiger partial charge in [-0.1, -0.05) is 0 Å². The monoisotopic (exact) mass is 195 g/mol. The minimum atomic E-state index is -2.44. The average molecular weight is 195 g/mol. The van der Waals surface area contributed by atoms with E-state index in [2.05, 4.69) is 0 Å². The Morgan fingerprint density at radius 1 is 1.62 bits per heavy atom. The summed E-state index contributed by atoms with van der Waals surface area (Å²) in [6.07, 6.45) is -2.44. The van der Waals surface area contributed by atoms with Crippen molar-refractivity contribution in [3.63, 3.8) is 0 Å². The maximum Gasteiger partial charge on any atom is 0.251 e. The number of amides is 1. The van der Waals surface area contributed by atoms with Crippen LogP contribution in [0.4, 0.5) is 8.78 Å². The highest BCUT2D eigenvalue weighted by Crippen LogP contribution is 2.03. The van der Waals surface area contributed by atoms with Gasteiger partial charge in [0.05, 0.1) is 6.54 Å². The largest absolute Gasteiger partial charge is 0.368 e. The molecule has 0 saturated heterocycles. The molecule has 4 nitrogen and oxygen atoms in total. The Labute approximate surface area is 75.9 Å². The van der Waals surface area contributed by atoms with E-state index in [0.29, 0.717) is 0 Å². The van der Waals surface area contributed by atoms with Gasteiger partial charge in [-0.25, -0.2) is 8.78 Å². The molecule has 0 spiro atoms. The van der Waals surface area contributed by atoms with Gasteiger partial charge < -0.3 is 11.5 Å². The number of rotatable bonds is 5. The van der Waals surface area contributed by atoms with Crippen LogP contribution in [0.25, 0.3) is 0 Å². The molecule has 0 aromatic heterocycles. The average Bonchev–Trinajstić information content (AvgIpc) is 1.82. The van der Waals surface area contributed by atoms with E-state index < -0.39 is 24.4 Å². The van der Waals surface area contributed by atoms with Crippen molar-refractivity contribution in [2.45, 2.75) is 18.9 Å². The van der Waals surface area contributed by atoms with Gasteiger partial charge in [0.15, 0.2) is 0 Å². The maximum absolute atomic E-state index is 11.9. The summed E-state index contributed by atoms with van der Waals surface area (Å²) in [4.78, 5) is 12.0. The van der Waals surface area contributed by atoms with Crippen LogP contribution in [0.1, 0.15) is 6.92 Å². The smallest absolute Gasteiger partial charge is 0.251 e. The van der Waals surface area contributed by atoms with E-state index >= 15 is 0 Å². The standard InChI is InChI=1S/C7H15F2N3O/c1-7(11,6(10)13)4-12(2)3-5(8)9/h5H,3-4,11H2,1-2H3,(H2,10,13). The highest BCUT2D eigenvalue weighted by atomic mass is 19.3. The Bertz CT molecular complexity index is 185. The van der Waals surface area contributed by atoms with Crippen LogP contribution in [-0.4, -0.2) is 42.9 Å². The van der Waals surface area contributed by atoms with Crippen molar-refractivity contribution in [3.05, 3.63) is 0 Å². The molecule has 0 aromatic carbocycles. The lowest BCUT2D eigenvalue weighted by atomic mass is 10.0. The molecule has 1 atom stereocenters. The molecule has 0 radical (unpaired) electrons. The molecule has 1 amide bonds. The van der Waals surface area contributed by atoms with Crippen LogP contribution in [0.5, 0.6) is 0 Å². The molecule has 0 aromatic rings. The molecular formula is C7H15F2N3O. The topological polar surface area (TPSA) is 72.3 Å². The third-order valence-corrected chi connectivity index (χ3v) is 1.61. The van der Waals surface area contributed by atoms with Gasteiger partial charge in [-0.15, -0.1) is 0 Å². The van der Waals surface area contributed by atoms with Gasteiger partial charge >= 0.3 is 0 Å². The van der Waals surface area contributed by atoms with Gasteiger partial charge in [-0.2, -0.15) is 0 Å². The SMILES string of the molecule is CN(CC(F)F)CC(C)(N)C(N)=O. The number of nitrogens with two attached hydrogens (primary N) is 2. The maximum atomic E-state index is 11.9. The fourth-order valence-corrected chi connectivity index (χ4v) is 0.939. The molecule has 1 unspecified atom stereocenters. The van der Waals surface area contributed by atoms with Crippen LogP contribution in [0, 0.1) is 0 Å². The lowest BCUT2D eigenvalue weighted by molar-refractivity contribution is -0.123. The lowest BCUT2D eigenvalue weighted by Crippen LogP contribution is -2.56. The quantitative estimate of drug-likeness (QED) is 0.614. The molecule has 0 heterocycles. The summed E-state index contributed by atoms with van der Waals surface area (Å²) in [5, 5.41) is 0. The van der Waals surface area contributed by atoms with Gasteiger partial charge in [0.1, 0.15) is 5.54 Å². The number of alkyl halides is 2. The van der Waals surface area contributed by atoms with Crippen LogP contribution >= 0.6 is 0 Å². The first-order valence-corrected chi connectivity index (χ1v) is 3.81. The van der Waals surface area contributed by atoms with Crippen molar-refractivity contribution >= 4 is 5.91 Å². The molecule has 6 heteroatoms. The van der Waals surface area contributed by atoms with Crippen molar-refractivity contribution in [1.29, 1.82) is 0 Å². The molecule has 13 heavy (non-hydrogen) atoms. The van der Waals surface area contributed by atoms with Gasteiger partial charge in [0, 0.05) is 6.54 Å². The zero-order valence-corrected chi connectivity index (χ0v) is 7.76. The van der Waals surface area contributed by atoms with E-state index in [-0.39, 0.29) is 6.54 Å². The van der Waals surface area contributed by atoms with E-state index in [1.807, 2.05) is 0 Å². The number of carbonyl (C=O) groups excluding carboxylic acids is 1. The van der Waals surface area contributed by atoms with E-state index in [1.165, 1.54) is 18.9 Å². The molecule has 0 saturated carbocycles. The van der Waals surface area contributed by atoms with E-state index in [9.17, 15) is 13.6 Å². The molecule has 0 bridgehead atoms. The summed E-state index contributed by atoms with van der Waals surface area (Å²) in [7, 11) is 1.46. The molecule has 0 rings (SSSR count). The number of hydrogen-bond acceptors (Lipinski definition) is 3. The van der Waals surface area contributed by atoms with Crippen LogP contribution in [0.3, 0.4) is 0 Å². The van der Waals surface area contributed by atoms with Crippen LogP contribution < -0.4 is 11.5 Å². The number of halogens is 2. The molecule has 0 aliphatic heterocycles. The molecule has 78 valence electrons. The van der Waals surface area contributed by atoms with Gasteiger partial charge in [0.2, 0.25) is 5.91 Å². The Hall–Kier alpha value is -0.750. The predicted octanol–water partition coefficient (Wildman–Crippen LogP) is -0.614. The highest BCUT2D eigenvalue weighted by Gasteiger charge is 2.27. The first-order chi connectivity index (χ1) is 5.75. The van der Waals surface area contributed by atoms with Crippen molar-refractivity contribution < 1.29 is 13.6 Å². The molecular weight excluding hydrogens is 180 g/mol. The van der Waals surface area contributed by atoms with E-state index in [0.717, 1.165) is 0 Å². The minimum Gasteiger partial charge on any atom is -0.368 e. The van der Waals surface area contributed by atoms with Gasteiger partial charge in [-0.05, 0) is 14.0 Å². The zero-order valence-electron chi connectivity index (χ0n) is 7.76. The Morgan fingerprint density at radius 3 is 2.38 bits per heavy atom. The summed E-state index contributed by atoms with van der Waals surface area (Å²) in [6, 6.07) is 0. The normalized spacial score (nSPS) is 16.2. The number of primary amides is 1. The number of hydrogen-bond donors (Lipinski definition) is 2. The van der Waals surface area contributed by atoms with E-state index in [4.69, 9.17) is 11.5 Å². The summed E-state index contributed by atoms with van der Waals surface area (Å²) in [5.41, 5.74) is 9.19. The summed E-state index contributed by atoms with van der Waals surface area (Å²) >= 11 is 0. The van der Waals surface area contributed by atoms with Crippen LogP contribution in [-0.2, 0) is 4.79 Å². The van der Waals surface area contributed by atoms with Crippen LogP contribution in [0.2, 0.25) is 0 Å². The first kappa shape index (κ1) is 12.2. The fourth-order valence-electron chi connectivity index (χ4n) is 0.939. The second-order valence-corrected chi connectivity index (χ2v) is 3.37. The Morgan fingerprint density at radius 2 is 2.08 bits per heavy atom. The molecule has 0 aliphatic carbocycles. The van der Waals surface area contributed by atoms with Crippen molar-refractivity contribution in [3.8, 4) is 0 Å². The lowest BCUT2D eigenvalue weighted by Gasteiger charge is -2.26. The molecule has 0 aliphatic rings. The number of likely N-dealkylation sites (N-methyl/N-ethyl adjacent to an activating group) is 1. The summed E-state index contributed by atoms with van der Waals surface area (Å²) in [6.45, 7) is 1.02. The van der Waals surface area contributed by atoms with Crippen molar-refractivity contribution in [1.82, 2.24) is 4.90 Å². The predicted molar refractivity (Wildman–Crippen MR) is 45.3 cm³/mol. The zero-order chi connectivity index (χ0) is 10.6. The summed E-state index contributed by atoms with van der Waals surface area (Å²) < 4.78 is 23.7. The third-order valence-electron chi connectivity index (χ3n) is 1.61. The van der Waals surface area contributed by atoms with Gasteiger partial charge in [0.25, 0.3) is 6.43 Å². The minimum absolute atomic E-state index is 0.0205. The second kappa shape index (κ2) is 4.48. The number of carbonyl (C=O) groups is 1.